The van der Waals surface area contributed by atoms with Gasteiger partial charge in [-0.3, -0.25) is 11.3 Å². The number of fused-ring (bicyclic) bond motifs is 5. The molecule has 4 rings (SSSR count). The van der Waals surface area contributed by atoms with Crippen LogP contribution in [-0.2, 0) is 6.42 Å². The molecule has 3 N–H and O–H groups in total. The Morgan fingerprint density at radius 1 is 1.30 bits per heavy atom. The summed E-state index contributed by atoms with van der Waals surface area (Å²) in [6, 6.07) is 5.47. The van der Waals surface area contributed by atoms with Gasteiger partial charge in [0.15, 0.2) is 0 Å². The van der Waals surface area contributed by atoms with E-state index in [1.165, 1.54) is 24.8 Å². The van der Waals surface area contributed by atoms with E-state index in [1.807, 2.05) is 13.0 Å². The molecule has 0 heterocycles. The average molecular weight is 274 g/mol. The Balaban J connectivity index is 1.50. The van der Waals surface area contributed by atoms with Crippen molar-refractivity contribution in [2.75, 3.05) is 0 Å². The van der Waals surface area contributed by atoms with E-state index in [2.05, 4.69) is 5.43 Å². The molecule has 0 saturated heterocycles. The summed E-state index contributed by atoms with van der Waals surface area (Å²) in [5.74, 6) is 10.2. The van der Waals surface area contributed by atoms with Crippen LogP contribution in [0, 0.1) is 42.3 Å². The normalized spacial score (nSPS) is 38.9. The van der Waals surface area contributed by atoms with Crippen molar-refractivity contribution in [3.63, 3.8) is 0 Å². The first-order valence-corrected chi connectivity index (χ1v) is 7.90. The lowest BCUT2D eigenvalue weighted by Gasteiger charge is -2.20. The largest absolute Gasteiger partial charge is 0.271 e. The first-order chi connectivity index (χ1) is 9.69. The molecule has 1 aromatic rings. The van der Waals surface area contributed by atoms with Gasteiger partial charge in [0.1, 0.15) is 5.82 Å². The van der Waals surface area contributed by atoms with E-state index in [4.69, 9.17) is 5.84 Å². The van der Waals surface area contributed by atoms with Gasteiger partial charge in [0.05, 0.1) is 0 Å². The molecule has 5 unspecified atom stereocenters. The van der Waals surface area contributed by atoms with E-state index >= 15 is 0 Å². The van der Waals surface area contributed by atoms with Gasteiger partial charge in [0.25, 0.3) is 0 Å². The topological polar surface area (TPSA) is 38.0 Å². The molecule has 20 heavy (non-hydrogen) atoms. The number of aryl methyl sites for hydroxylation is 1. The third-order valence-corrected chi connectivity index (χ3v) is 6.22. The van der Waals surface area contributed by atoms with Gasteiger partial charge in [0, 0.05) is 6.04 Å². The van der Waals surface area contributed by atoms with Gasteiger partial charge in [-0.05, 0) is 85.5 Å². The Hall–Kier alpha value is -0.930. The molecular formula is C17H23FN2. The maximum absolute atomic E-state index is 13.2. The SMILES string of the molecule is Cc1cc(F)ccc1CC(NN)C1C2C3CCC(C3)C21. The maximum atomic E-state index is 13.2. The second-order valence-corrected chi connectivity index (χ2v) is 7.11. The number of hydrazine groups is 1. The van der Waals surface area contributed by atoms with Crippen molar-refractivity contribution in [1.29, 1.82) is 0 Å². The van der Waals surface area contributed by atoms with Crippen molar-refractivity contribution >= 4 is 0 Å². The van der Waals surface area contributed by atoms with Crippen molar-refractivity contribution < 1.29 is 4.39 Å². The van der Waals surface area contributed by atoms with Gasteiger partial charge < -0.3 is 0 Å². The van der Waals surface area contributed by atoms with Crippen LogP contribution >= 0.6 is 0 Å². The summed E-state index contributed by atoms with van der Waals surface area (Å²) >= 11 is 0. The molecule has 3 fully saturated rings. The first kappa shape index (κ1) is 12.8. The van der Waals surface area contributed by atoms with Crippen LogP contribution in [0.4, 0.5) is 4.39 Å². The first-order valence-electron chi connectivity index (χ1n) is 7.90. The predicted octanol–water partition coefficient (Wildman–Crippen LogP) is 2.80. The van der Waals surface area contributed by atoms with Gasteiger partial charge in [0.2, 0.25) is 0 Å². The second-order valence-electron chi connectivity index (χ2n) is 7.11. The molecule has 3 saturated carbocycles. The predicted molar refractivity (Wildman–Crippen MR) is 77.3 cm³/mol. The fraction of sp³-hybridized carbons (Fsp3) is 0.647. The van der Waals surface area contributed by atoms with Crippen molar-refractivity contribution in [3.8, 4) is 0 Å². The minimum Gasteiger partial charge on any atom is -0.271 e. The summed E-state index contributed by atoms with van der Waals surface area (Å²) in [6.07, 6.45) is 5.28. The van der Waals surface area contributed by atoms with Crippen LogP contribution < -0.4 is 11.3 Å². The molecule has 0 amide bonds. The molecule has 3 aliphatic carbocycles. The second kappa shape index (κ2) is 4.54. The van der Waals surface area contributed by atoms with E-state index in [1.54, 1.807) is 12.1 Å². The van der Waals surface area contributed by atoms with Gasteiger partial charge >= 0.3 is 0 Å². The highest BCUT2D eigenvalue weighted by Gasteiger charge is 2.66. The van der Waals surface area contributed by atoms with Crippen LogP contribution in [0.15, 0.2) is 18.2 Å². The van der Waals surface area contributed by atoms with Crippen LogP contribution in [0.2, 0.25) is 0 Å². The lowest BCUT2D eigenvalue weighted by atomic mass is 9.92. The fourth-order valence-electron chi connectivity index (χ4n) is 5.36. The summed E-state index contributed by atoms with van der Waals surface area (Å²) in [6.45, 7) is 1.99. The van der Waals surface area contributed by atoms with Gasteiger partial charge in [-0.2, -0.15) is 0 Å². The number of nitrogens with two attached hydrogens (primary N) is 1. The zero-order chi connectivity index (χ0) is 13.9. The number of benzene rings is 1. The zero-order valence-corrected chi connectivity index (χ0v) is 12.0. The quantitative estimate of drug-likeness (QED) is 0.654. The Bertz CT molecular complexity index is 514. The summed E-state index contributed by atoms with van der Waals surface area (Å²) in [5.41, 5.74) is 5.33. The lowest BCUT2D eigenvalue weighted by molar-refractivity contribution is 0.364. The van der Waals surface area contributed by atoms with Crippen LogP contribution in [0.5, 0.6) is 0 Å². The zero-order valence-electron chi connectivity index (χ0n) is 12.0. The van der Waals surface area contributed by atoms with Crippen molar-refractivity contribution in [3.05, 3.63) is 35.1 Å². The Kier molecular flexibility index (Phi) is 2.90. The molecule has 3 heteroatoms. The number of halogens is 1. The van der Waals surface area contributed by atoms with Crippen LogP contribution in [-0.4, -0.2) is 6.04 Å². The van der Waals surface area contributed by atoms with E-state index in [9.17, 15) is 4.39 Å². The van der Waals surface area contributed by atoms with Crippen LogP contribution in [0.1, 0.15) is 30.4 Å². The van der Waals surface area contributed by atoms with E-state index < -0.39 is 0 Å². The Morgan fingerprint density at radius 3 is 2.60 bits per heavy atom. The lowest BCUT2D eigenvalue weighted by Crippen LogP contribution is -2.40. The molecule has 2 bridgehead atoms. The molecule has 0 spiro atoms. The molecule has 0 radical (unpaired) electrons. The average Bonchev–Trinajstić information content (AvgIpc) is 2.86. The minimum absolute atomic E-state index is 0.148. The fourth-order valence-corrected chi connectivity index (χ4v) is 5.36. The van der Waals surface area contributed by atoms with Gasteiger partial charge in [-0.25, -0.2) is 4.39 Å². The van der Waals surface area contributed by atoms with Gasteiger partial charge in [-0.1, -0.05) is 6.07 Å². The molecule has 108 valence electrons. The summed E-state index contributed by atoms with van der Waals surface area (Å²) < 4.78 is 13.2. The third kappa shape index (κ3) is 1.83. The van der Waals surface area contributed by atoms with Crippen molar-refractivity contribution in [2.24, 2.45) is 35.4 Å². The summed E-state index contributed by atoms with van der Waals surface area (Å²) in [5, 5.41) is 0. The molecule has 2 nitrogen and oxygen atoms in total. The standard InChI is InChI=1S/C17H23FN2/c1-9-6-13(18)5-4-10(9)8-14(20-19)17-15-11-2-3-12(7-11)16(15)17/h4-6,11-12,14-17,20H,2-3,7-8,19H2,1H3. The van der Waals surface area contributed by atoms with Crippen molar-refractivity contribution in [1.82, 2.24) is 5.43 Å². The Morgan fingerprint density at radius 2 is 2.00 bits per heavy atom. The molecular weight excluding hydrogens is 251 g/mol. The van der Waals surface area contributed by atoms with E-state index in [0.29, 0.717) is 6.04 Å². The molecule has 1 aromatic carbocycles. The highest BCUT2D eigenvalue weighted by molar-refractivity contribution is 5.28. The maximum Gasteiger partial charge on any atom is 0.123 e. The number of hydrogen-bond donors (Lipinski definition) is 2. The van der Waals surface area contributed by atoms with Crippen molar-refractivity contribution in [2.45, 2.75) is 38.6 Å². The number of rotatable bonds is 4. The highest BCUT2D eigenvalue weighted by atomic mass is 19.1. The number of nitrogens with one attached hydrogen (secondary N) is 1. The van der Waals surface area contributed by atoms with E-state index in [0.717, 1.165) is 41.6 Å². The monoisotopic (exact) mass is 274 g/mol. The number of hydrogen-bond acceptors (Lipinski definition) is 2. The Labute approximate surface area is 119 Å². The molecule has 3 aliphatic rings. The summed E-state index contributed by atoms with van der Waals surface area (Å²) in [7, 11) is 0. The molecule has 0 aromatic heterocycles. The molecule has 5 atom stereocenters. The van der Waals surface area contributed by atoms with Gasteiger partial charge in [-0.15, -0.1) is 0 Å². The third-order valence-electron chi connectivity index (χ3n) is 6.22. The van der Waals surface area contributed by atoms with Crippen LogP contribution in [0.25, 0.3) is 0 Å². The minimum atomic E-state index is -0.148. The summed E-state index contributed by atoms with van der Waals surface area (Å²) in [4.78, 5) is 0. The van der Waals surface area contributed by atoms with E-state index in [-0.39, 0.29) is 5.82 Å². The smallest absolute Gasteiger partial charge is 0.123 e. The van der Waals surface area contributed by atoms with Crippen LogP contribution in [0.3, 0.4) is 0 Å². The highest BCUT2D eigenvalue weighted by Crippen LogP contribution is 2.70. The molecule has 0 aliphatic heterocycles.